The summed E-state index contributed by atoms with van der Waals surface area (Å²) in [6.45, 7) is 3.64. The maximum absolute atomic E-state index is 12.5. The number of carbonyl (C=O) groups excluding carboxylic acids is 2. The number of nitrogens with two attached hydrogens (primary N) is 1. The molecule has 1 aliphatic heterocycles. The molecule has 27 heavy (non-hydrogen) atoms. The Bertz CT molecular complexity index is 394. The number of rotatable bonds is 14. The van der Waals surface area contributed by atoms with E-state index in [0.717, 1.165) is 38.6 Å². The van der Waals surface area contributed by atoms with E-state index in [-0.39, 0.29) is 36.8 Å². The molecular weight excluding hydrogens is 362 g/mol. The Labute approximate surface area is 172 Å². The van der Waals surface area contributed by atoms with Gasteiger partial charge in [-0.25, -0.2) is 0 Å². The molecule has 1 rings (SSSR count). The number of halogens is 1. The van der Waals surface area contributed by atoms with Gasteiger partial charge in [0, 0.05) is 25.6 Å². The predicted octanol–water partition coefficient (Wildman–Crippen LogP) is 4.18. The molecule has 0 radical (unpaired) electrons. The lowest BCUT2D eigenvalue weighted by Crippen LogP contribution is -2.50. The number of amides is 2. The van der Waals surface area contributed by atoms with E-state index in [2.05, 4.69) is 12.2 Å². The maximum Gasteiger partial charge on any atom is 0.233 e. The van der Waals surface area contributed by atoms with Crippen LogP contribution in [0.3, 0.4) is 0 Å². The highest BCUT2D eigenvalue weighted by Gasteiger charge is 2.26. The van der Waals surface area contributed by atoms with Crippen molar-refractivity contribution in [3.05, 3.63) is 0 Å². The first kappa shape index (κ1) is 26.2. The first-order chi connectivity index (χ1) is 12.7. The molecule has 0 spiro atoms. The number of hydrogen-bond donors (Lipinski definition) is 2. The molecule has 1 atom stereocenters. The van der Waals surface area contributed by atoms with Crippen molar-refractivity contribution in [2.75, 3.05) is 19.6 Å². The molecule has 3 N–H and O–H groups in total. The molecule has 0 aliphatic carbocycles. The van der Waals surface area contributed by atoms with Gasteiger partial charge in [-0.05, 0) is 25.7 Å². The van der Waals surface area contributed by atoms with Crippen LogP contribution in [0, 0.1) is 0 Å². The summed E-state index contributed by atoms with van der Waals surface area (Å²) in [4.78, 5) is 25.9. The molecule has 5 nitrogen and oxygen atoms in total. The Morgan fingerprint density at radius 3 is 2.15 bits per heavy atom. The molecule has 1 heterocycles. The van der Waals surface area contributed by atoms with Crippen molar-refractivity contribution in [3.8, 4) is 0 Å². The van der Waals surface area contributed by atoms with Crippen LogP contribution in [0.4, 0.5) is 0 Å². The molecule has 160 valence electrons. The second kappa shape index (κ2) is 17.3. The van der Waals surface area contributed by atoms with Crippen LogP contribution in [0.5, 0.6) is 0 Å². The van der Waals surface area contributed by atoms with Crippen LogP contribution in [0.25, 0.3) is 0 Å². The minimum absolute atomic E-state index is 0. The molecular formula is C21H42ClN3O2. The quantitative estimate of drug-likeness (QED) is 0.427. The van der Waals surface area contributed by atoms with E-state index < -0.39 is 0 Å². The number of nitrogens with one attached hydrogen (secondary N) is 1. The summed E-state index contributed by atoms with van der Waals surface area (Å²) in [6, 6.07) is 0.148. The molecule has 1 aliphatic rings. The Morgan fingerprint density at radius 1 is 0.963 bits per heavy atom. The van der Waals surface area contributed by atoms with Gasteiger partial charge in [0.15, 0.2) is 0 Å². The van der Waals surface area contributed by atoms with Gasteiger partial charge in [0.25, 0.3) is 0 Å². The first-order valence-electron chi connectivity index (χ1n) is 10.9. The third-order valence-electron chi connectivity index (χ3n) is 5.41. The van der Waals surface area contributed by atoms with Crippen molar-refractivity contribution in [3.63, 3.8) is 0 Å². The van der Waals surface area contributed by atoms with Gasteiger partial charge in [0.05, 0.1) is 6.54 Å². The Balaban J connectivity index is 0.00000676. The largest absolute Gasteiger partial charge is 0.353 e. The van der Waals surface area contributed by atoms with Gasteiger partial charge in [0.2, 0.25) is 11.8 Å². The highest BCUT2D eigenvalue weighted by molar-refractivity contribution is 5.85. The maximum atomic E-state index is 12.5. The standard InChI is InChI=1S/C21H41N3O2.ClH/c1-2-3-4-5-6-7-8-9-10-11-15-21(26)24-16-13-12-14-19(24)18-23-20(25)17-22;/h19H,2-18,22H2,1H3,(H,23,25);1H. The number of piperidine rings is 1. The zero-order chi connectivity index (χ0) is 19.0. The topological polar surface area (TPSA) is 75.4 Å². The van der Waals surface area contributed by atoms with E-state index in [0.29, 0.717) is 13.0 Å². The van der Waals surface area contributed by atoms with E-state index in [1.54, 1.807) is 0 Å². The Hall–Kier alpha value is -0.810. The summed E-state index contributed by atoms with van der Waals surface area (Å²) < 4.78 is 0. The number of unbranched alkanes of at least 4 members (excludes halogenated alkanes) is 9. The Kier molecular flexibility index (Phi) is 16.8. The summed E-state index contributed by atoms with van der Waals surface area (Å²) in [5.41, 5.74) is 5.34. The molecule has 1 unspecified atom stereocenters. The van der Waals surface area contributed by atoms with Gasteiger partial charge in [-0.1, -0.05) is 64.7 Å². The fraction of sp³-hybridized carbons (Fsp3) is 0.905. The fourth-order valence-electron chi connectivity index (χ4n) is 3.75. The van der Waals surface area contributed by atoms with Crippen molar-refractivity contribution in [1.29, 1.82) is 0 Å². The van der Waals surface area contributed by atoms with Gasteiger partial charge in [-0.15, -0.1) is 12.4 Å². The minimum Gasteiger partial charge on any atom is -0.353 e. The molecule has 0 aromatic rings. The van der Waals surface area contributed by atoms with E-state index >= 15 is 0 Å². The highest BCUT2D eigenvalue weighted by atomic mass is 35.5. The smallest absolute Gasteiger partial charge is 0.233 e. The minimum atomic E-state index is -0.141. The van der Waals surface area contributed by atoms with Crippen LogP contribution < -0.4 is 11.1 Å². The average Bonchev–Trinajstić information content (AvgIpc) is 2.67. The molecule has 1 fully saturated rings. The molecule has 2 amide bonds. The van der Waals surface area contributed by atoms with Crippen molar-refractivity contribution >= 4 is 24.2 Å². The zero-order valence-corrected chi connectivity index (χ0v) is 18.2. The summed E-state index contributed by atoms with van der Waals surface area (Å²) in [5, 5.41) is 2.84. The van der Waals surface area contributed by atoms with E-state index in [1.807, 2.05) is 4.90 Å². The Morgan fingerprint density at radius 2 is 1.56 bits per heavy atom. The van der Waals surface area contributed by atoms with Crippen LogP contribution in [0.15, 0.2) is 0 Å². The van der Waals surface area contributed by atoms with E-state index in [4.69, 9.17) is 5.73 Å². The van der Waals surface area contributed by atoms with Gasteiger partial charge < -0.3 is 16.0 Å². The number of carbonyl (C=O) groups is 2. The summed E-state index contributed by atoms with van der Waals surface area (Å²) in [5.74, 6) is 0.119. The summed E-state index contributed by atoms with van der Waals surface area (Å²) in [6.07, 6.45) is 16.7. The molecule has 0 bridgehead atoms. The van der Waals surface area contributed by atoms with Gasteiger partial charge in [-0.2, -0.15) is 0 Å². The lowest BCUT2D eigenvalue weighted by Gasteiger charge is -2.36. The normalized spacial score (nSPS) is 16.7. The highest BCUT2D eigenvalue weighted by Crippen LogP contribution is 2.19. The molecule has 6 heteroatoms. The first-order valence-corrected chi connectivity index (χ1v) is 10.9. The summed E-state index contributed by atoms with van der Waals surface area (Å²) >= 11 is 0. The second-order valence-electron chi connectivity index (χ2n) is 7.68. The lowest BCUT2D eigenvalue weighted by atomic mass is 10.0. The van der Waals surface area contributed by atoms with Crippen molar-refractivity contribution in [2.24, 2.45) is 5.73 Å². The fourth-order valence-corrected chi connectivity index (χ4v) is 3.75. The van der Waals surface area contributed by atoms with Crippen LogP contribution in [0.2, 0.25) is 0 Å². The second-order valence-corrected chi connectivity index (χ2v) is 7.68. The predicted molar refractivity (Wildman–Crippen MR) is 115 cm³/mol. The number of hydrogen-bond acceptors (Lipinski definition) is 3. The van der Waals surface area contributed by atoms with E-state index in [1.165, 1.54) is 51.4 Å². The lowest BCUT2D eigenvalue weighted by molar-refractivity contribution is -0.135. The van der Waals surface area contributed by atoms with Gasteiger partial charge >= 0.3 is 0 Å². The van der Waals surface area contributed by atoms with Crippen molar-refractivity contribution in [1.82, 2.24) is 10.2 Å². The molecule has 0 saturated carbocycles. The van der Waals surface area contributed by atoms with Crippen molar-refractivity contribution < 1.29 is 9.59 Å². The molecule has 0 aromatic carbocycles. The monoisotopic (exact) mass is 403 g/mol. The molecule has 0 aromatic heterocycles. The zero-order valence-electron chi connectivity index (χ0n) is 17.3. The van der Waals surface area contributed by atoms with Gasteiger partial charge in [-0.3, -0.25) is 9.59 Å². The average molecular weight is 404 g/mol. The number of nitrogens with zero attached hydrogens (tertiary/aromatic N) is 1. The van der Waals surface area contributed by atoms with E-state index in [9.17, 15) is 9.59 Å². The van der Waals surface area contributed by atoms with Gasteiger partial charge in [0.1, 0.15) is 0 Å². The van der Waals surface area contributed by atoms with Crippen LogP contribution in [-0.4, -0.2) is 42.4 Å². The number of likely N-dealkylation sites (tertiary alicyclic amines) is 1. The van der Waals surface area contributed by atoms with Crippen molar-refractivity contribution in [2.45, 2.75) is 103 Å². The third-order valence-corrected chi connectivity index (χ3v) is 5.41. The van der Waals surface area contributed by atoms with Crippen LogP contribution in [0.1, 0.15) is 96.8 Å². The SMILES string of the molecule is CCCCCCCCCCCCC(=O)N1CCCCC1CNC(=O)CN.Cl. The van der Waals surface area contributed by atoms with Crippen LogP contribution in [-0.2, 0) is 9.59 Å². The third kappa shape index (κ3) is 12.3. The molecule has 1 saturated heterocycles. The van der Waals surface area contributed by atoms with Crippen LogP contribution >= 0.6 is 12.4 Å². The summed E-state index contributed by atoms with van der Waals surface area (Å²) in [7, 11) is 0.